The van der Waals surface area contributed by atoms with Crippen molar-refractivity contribution in [3.63, 3.8) is 0 Å². The first-order chi connectivity index (χ1) is 9.00. The van der Waals surface area contributed by atoms with Crippen molar-refractivity contribution in [2.24, 2.45) is 0 Å². The highest BCUT2D eigenvalue weighted by Crippen LogP contribution is 2.25. The van der Waals surface area contributed by atoms with Crippen LogP contribution in [0.15, 0.2) is 16.8 Å². The Kier molecular flexibility index (Phi) is 3.41. The molecule has 0 saturated heterocycles. The van der Waals surface area contributed by atoms with Gasteiger partial charge in [0.1, 0.15) is 5.52 Å². The first kappa shape index (κ1) is 12.9. The number of likely N-dealkylation sites (N-methyl/N-ethyl adjacent to an activating group) is 1. The zero-order chi connectivity index (χ0) is 14.0. The van der Waals surface area contributed by atoms with Crippen molar-refractivity contribution in [2.45, 2.75) is 13.3 Å². The molecule has 0 aliphatic heterocycles. The molecular formula is C11H12N4O4. The molecule has 1 heterocycles. The number of non-ortho nitro benzene ring substituents is 1. The van der Waals surface area contributed by atoms with Gasteiger partial charge in [-0.3, -0.25) is 14.9 Å². The molecule has 1 aromatic carbocycles. The van der Waals surface area contributed by atoms with Crippen molar-refractivity contribution in [2.75, 3.05) is 13.6 Å². The molecule has 0 aliphatic carbocycles. The van der Waals surface area contributed by atoms with Crippen molar-refractivity contribution in [3.8, 4) is 0 Å². The van der Waals surface area contributed by atoms with E-state index < -0.39 is 4.92 Å². The summed E-state index contributed by atoms with van der Waals surface area (Å²) in [5.74, 6) is -0.0450. The Balaban J connectivity index is 2.30. The molecule has 2 rings (SSSR count). The van der Waals surface area contributed by atoms with E-state index in [0.29, 0.717) is 18.5 Å². The minimum atomic E-state index is -0.530. The number of amides is 1. The maximum absolute atomic E-state index is 11.1. The first-order valence-electron chi connectivity index (χ1n) is 5.61. The number of aromatic nitrogens is 2. The molecule has 0 unspecified atom stereocenters. The summed E-state index contributed by atoms with van der Waals surface area (Å²) in [4.78, 5) is 23.0. The lowest BCUT2D eigenvalue weighted by molar-refractivity contribution is -0.383. The number of carbonyl (C=O) groups is 1. The summed E-state index contributed by atoms with van der Waals surface area (Å²) in [6.45, 7) is 1.97. The van der Waals surface area contributed by atoms with Gasteiger partial charge in [-0.1, -0.05) is 0 Å². The van der Waals surface area contributed by atoms with Crippen LogP contribution in [0.3, 0.4) is 0 Å². The lowest BCUT2D eigenvalue weighted by Gasteiger charge is -2.14. The Labute approximate surface area is 108 Å². The molecule has 0 aliphatic rings. The van der Waals surface area contributed by atoms with Gasteiger partial charge in [0.15, 0.2) is 0 Å². The number of fused-ring (bicyclic) bond motifs is 1. The Morgan fingerprint density at radius 1 is 1.42 bits per heavy atom. The van der Waals surface area contributed by atoms with Crippen LogP contribution in [0.1, 0.15) is 12.5 Å². The van der Waals surface area contributed by atoms with Gasteiger partial charge in [0, 0.05) is 26.6 Å². The number of rotatable bonds is 4. The van der Waals surface area contributed by atoms with Crippen LogP contribution in [0.5, 0.6) is 0 Å². The monoisotopic (exact) mass is 264 g/mol. The second-order valence-corrected chi connectivity index (χ2v) is 4.15. The second-order valence-electron chi connectivity index (χ2n) is 4.15. The van der Waals surface area contributed by atoms with E-state index in [1.807, 2.05) is 0 Å². The predicted octanol–water partition coefficient (Wildman–Crippen LogP) is 1.15. The molecule has 0 bridgehead atoms. The van der Waals surface area contributed by atoms with E-state index in [1.54, 1.807) is 18.0 Å². The van der Waals surface area contributed by atoms with Crippen LogP contribution in [0.4, 0.5) is 5.69 Å². The summed E-state index contributed by atoms with van der Waals surface area (Å²) < 4.78 is 4.57. The third kappa shape index (κ3) is 2.51. The van der Waals surface area contributed by atoms with Crippen LogP contribution in [-0.4, -0.2) is 39.6 Å². The topological polar surface area (TPSA) is 102 Å². The van der Waals surface area contributed by atoms with Crippen LogP contribution >= 0.6 is 0 Å². The Morgan fingerprint density at radius 3 is 2.74 bits per heavy atom. The maximum Gasteiger partial charge on any atom is 0.300 e. The molecule has 0 N–H and O–H groups in total. The predicted molar refractivity (Wildman–Crippen MR) is 65.5 cm³/mol. The van der Waals surface area contributed by atoms with Crippen molar-refractivity contribution in [1.29, 1.82) is 0 Å². The Morgan fingerprint density at radius 2 is 2.11 bits per heavy atom. The maximum atomic E-state index is 11.1. The average molecular weight is 264 g/mol. The number of carbonyl (C=O) groups excluding carboxylic acids is 1. The van der Waals surface area contributed by atoms with Crippen LogP contribution in [-0.2, 0) is 11.2 Å². The zero-order valence-corrected chi connectivity index (χ0v) is 10.5. The lowest BCUT2D eigenvalue weighted by atomic mass is 10.1. The van der Waals surface area contributed by atoms with Gasteiger partial charge >= 0.3 is 5.69 Å². The lowest BCUT2D eigenvalue weighted by Crippen LogP contribution is -2.26. The van der Waals surface area contributed by atoms with E-state index in [0.717, 1.165) is 5.56 Å². The summed E-state index contributed by atoms with van der Waals surface area (Å²) >= 11 is 0. The molecule has 1 amide bonds. The van der Waals surface area contributed by atoms with E-state index in [4.69, 9.17) is 0 Å². The molecule has 0 saturated carbocycles. The van der Waals surface area contributed by atoms with Gasteiger partial charge in [0.05, 0.1) is 4.92 Å². The number of nitro benzene ring substituents is 1. The minimum absolute atomic E-state index is 0.0450. The van der Waals surface area contributed by atoms with Gasteiger partial charge in [0.25, 0.3) is 0 Å². The summed E-state index contributed by atoms with van der Waals surface area (Å²) in [5.41, 5.74) is 1.12. The molecule has 2 aromatic rings. The van der Waals surface area contributed by atoms with Crippen molar-refractivity contribution in [3.05, 3.63) is 27.8 Å². The molecule has 0 spiro atoms. The quantitative estimate of drug-likeness (QED) is 0.606. The fourth-order valence-corrected chi connectivity index (χ4v) is 1.70. The highest BCUT2D eigenvalue weighted by molar-refractivity contribution is 5.86. The highest BCUT2D eigenvalue weighted by Gasteiger charge is 2.19. The minimum Gasteiger partial charge on any atom is -0.346 e. The summed E-state index contributed by atoms with van der Waals surface area (Å²) in [7, 11) is 1.69. The van der Waals surface area contributed by atoms with Crippen molar-refractivity contribution < 1.29 is 14.3 Å². The number of benzene rings is 1. The number of nitrogens with zero attached hydrogens (tertiary/aromatic N) is 4. The van der Waals surface area contributed by atoms with Gasteiger partial charge in [0.2, 0.25) is 11.4 Å². The van der Waals surface area contributed by atoms with Gasteiger partial charge in [-0.25, -0.2) is 4.63 Å². The van der Waals surface area contributed by atoms with E-state index in [2.05, 4.69) is 14.9 Å². The van der Waals surface area contributed by atoms with Crippen LogP contribution in [0, 0.1) is 10.1 Å². The van der Waals surface area contributed by atoms with E-state index in [1.165, 1.54) is 13.0 Å². The highest BCUT2D eigenvalue weighted by atomic mass is 16.6. The molecular weight excluding hydrogens is 252 g/mol. The van der Waals surface area contributed by atoms with E-state index >= 15 is 0 Å². The van der Waals surface area contributed by atoms with Gasteiger partial charge in [-0.05, 0) is 28.4 Å². The molecule has 0 fully saturated rings. The zero-order valence-electron chi connectivity index (χ0n) is 10.5. The van der Waals surface area contributed by atoms with Crippen LogP contribution in [0.2, 0.25) is 0 Å². The number of hydrogen-bond acceptors (Lipinski definition) is 6. The van der Waals surface area contributed by atoms with Gasteiger partial charge < -0.3 is 4.90 Å². The van der Waals surface area contributed by atoms with Gasteiger partial charge in [-0.2, -0.15) is 0 Å². The molecule has 8 nitrogen and oxygen atoms in total. The number of nitro groups is 1. The van der Waals surface area contributed by atoms with Crippen LogP contribution < -0.4 is 0 Å². The standard InChI is InChI=1S/C11H12N4O4/c1-7(16)14(2)6-5-8-3-4-9(15(17)18)11-10(8)12-19-13-11/h3-4H,5-6H2,1-2H3. The normalized spacial score (nSPS) is 10.6. The Hall–Kier alpha value is -2.51. The Bertz CT molecular complexity index is 637. The summed E-state index contributed by atoms with van der Waals surface area (Å²) in [5, 5.41) is 18.1. The van der Waals surface area contributed by atoms with E-state index in [-0.39, 0.29) is 17.1 Å². The molecule has 0 atom stereocenters. The molecule has 19 heavy (non-hydrogen) atoms. The largest absolute Gasteiger partial charge is 0.346 e. The van der Waals surface area contributed by atoms with Gasteiger partial charge in [-0.15, -0.1) is 0 Å². The fourth-order valence-electron chi connectivity index (χ4n) is 1.70. The summed E-state index contributed by atoms with van der Waals surface area (Å²) in [6.07, 6.45) is 0.527. The average Bonchev–Trinajstić information content (AvgIpc) is 2.83. The molecule has 1 aromatic heterocycles. The first-order valence-corrected chi connectivity index (χ1v) is 5.61. The number of hydrogen-bond donors (Lipinski definition) is 0. The second kappa shape index (κ2) is 5.01. The van der Waals surface area contributed by atoms with Crippen LogP contribution in [0.25, 0.3) is 11.0 Å². The molecule has 8 heteroatoms. The smallest absolute Gasteiger partial charge is 0.300 e. The molecule has 0 radical (unpaired) electrons. The summed E-state index contributed by atoms with van der Waals surface area (Å²) in [6, 6.07) is 2.98. The third-order valence-electron chi connectivity index (χ3n) is 2.93. The van der Waals surface area contributed by atoms with E-state index in [9.17, 15) is 14.9 Å². The SMILES string of the molecule is CC(=O)N(C)CCc1ccc([N+](=O)[O-])c2nonc12. The van der Waals surface area contributed by atoms with Crippen molar-refractivity contribution >= 4 is 22.6 Å². The van der Waals surface area contributed by atoms with Crippen molar-refractivity contribution in [1.82, 2.24) is 15.2 Å². The molecule has 100 valence electrons. The third-order valence-corrected chi connectivity index (χ3v) is 2.93. The fraction of sp³-hybridized carbons (Fsp3) is 0.364.